The molecule has 1 aromatic rings. The molecule has 1 saturated heterocycles. The summed E-state index contributed by atoms with van der Waals surface area (Å²) in [4.78, 5) is 24.5. The highest BCUT2D eigenvalue weighted by molar-refractivity contribution is 5.92. The van der Waals surface area contributed by atoms with Crippen LogP contribution in [0, 0.1) is 5.82 Å². The Morgan fingerprint density at radius 2 is 2.14 bits per heavy atom. The molecule has 3 N–H and O–H groups in total. The largest absolute Gasteiger partial charge is 0.391 e. The molecule has 1 aromatic carbocycles. The fourth-order valence-electron chi connectivity index (χ4n) is 2.24. The van der Waals surface area contributed by atoms with Crippen molar-refractivity contribution < 1.29 is 19.1 Å². The van der Waals surface area contributed by atoms with Crippen molar-refractivity contribution >= 4 is 23.3 Å². The molecule has 6 nitrogen and oxygen atoms in total. The van der Waals surface area contributed by atoms with Crippen molar-refractivity contribution in [1.82, 2.24) is 4.90 Å². The van der Waals surface area contributed by atoms with Crippen molar-refractivity contribution in [2.75, 3.05) is 23.7 Å². The van der Waals surface area contributed by atoms with Crippen LogP contribution in [0.1, 0.15) is 19.8 Å². The Labute approximate surface area is 121 Å². The molecular weight excluding hydrogens is 277 g/mol. The predicted molar refractivity (Wildman–Crippen MR) is 76.5 cm³/mol. The number of aliphatic hydroxyl groups excluding tert-OH is 1. The number of halogens is 1. The molecule has 21 heavy (non-hydrogen) atoms. The number of aliphatic hydroxyl groups is 1. The number of hydrogen-bond donors (Lipinski definition) is 3. The number of anilines is 2. The number of likely N-dealkylation sites (tertiary alicyclic amines) is 1. The summed E-state index contributed by atoms with van der Waals surface area (Å²) in [5.74, 6) is -0.868. The Kier molecular flexibility index (Phi) is 4.74. The van der Waals surface area contributed by atoms with Crippen molar-refractivity contribution in [3.63, 3.8) is 0 Å². The second kappa shape index (κ2) is 6.53. The first-order valence-electron chi connectivity index (χ1n) is 6.77. The first-order valence-corrected chi connectivity index (χ1v) is 6.77. The molecule has 7 heteroatoms. The summed E-state index contributed by atoms with van der Waals surface area (Å²) in [7, 11) is 0. The van der Waals surface area contributed by atoms with Gasteiger partial charge in [0, 0.05) is 25.7 Å². The molecule has 1 heterocycles. The molecule has 1 aliphatic heterocycles. The molecule has 0 aliphatic carbocycles. The molecule has 1 unspecified atom stereocenters. The van der Waals surface area contributed by atoms with Gasteiger partial charge in [0.2, 0.25) is 5.91 Å². The maximum absolute atomic E-state index is 13.7. The number of carbonyl (C=O) groups excluding carboxylic acids is 2. The van der Waals surface area contributed by atoms with Crippen LogP contribution in [0.3, 0.4) is 0 Å². The Hall–Kier alpha value is -2.15. The standard InChI is InChI=1S/C14H18FN3O3/c1-9(19)16-10-4-5-12(15)13(7-10)17-14(21)18-6-2-3-11(20)8-18/h4-5,7,11,20H,2-3,6,8H2,1H3,(H,16,19)(H,17,21). The van der Waals surface area contributed by atoms with Gasteiger partial charge in [-0.2, -0.15) is 0 Å². The van der Waals surface area contributed by atoms with E-state index in [1.165, 1.54) is 30.0 Å². The Morgan fingerprint density at radius 1 is 1.38 bits per heavy atom. The van der Waals surface area contributed by atoms with Gasteiger partial charge in [0.05, 0.1) is 11.8 Å². The van der Waals surface area contributed by atoms with Gasteiger partial charge in [-0.15, -0.1) is 0 Å². The summed E-state index contributed by atoms with van der Waals surface area (Å²) >= 11 is 0. The lowest BCUT2D eigenvalue weighted by Gasteiger charge is -2.30. The summed E-state index contributed by atoms with van der Waals surface area (Å²) in [5, 5.41) is 14.5. The van der Waals surface area contributed by atoms with Crippen LogP contribution in [0.2, 0.25) is 0 Å². The van der Waals surface area contributed by atoms with Gasteiger partial charge >= 0.3 is 6.03 Å². The van der Waals surface area contributed by atoms with E-state index in [1.807, 2.05) is 0 Å². The van der Waals surface area contributed by atoms with Crippen LogP contribution in [0.25, 0.3) is 0 Å². The third kappa shape index (κ3) is 4.16. The van der Waals surface area contributed by atoms with Crippen molar-refractivity contribution in [3.8, 4) is 0 Å². The minimum atomic E-state index is -0.588. The van der Waals surface area contributed by atoms with Gasteiger partial charge in [-0.05, 0) is 31.0 Å². The van der Waals surface area contributed by atoms with Crippen molar-refractivity contribution in [3.05, 3.63) is 24.0 Å². The van der Waals surface area contributed by atoms with Crippen LogP contribution < -0.4 is 10.6 Å². The fourth-order valence-corrected chi connectivity index (χ4v) is 2.24. The van der Waals surface area contributed by atoms with E-state index >= 15 is 0 Å². The lowest BCUT2D eigenvalue weighted by Crippen LogP contribution is -2.44. The first-order chi connectivity index (χ1) is 9.95. The molecule has 3 amide bonds. The molecule has 1 fully saturated rings. The van der Waals surface area contributed by atoms with Gasteiger partial charge < -0.3 is 20.6 Å². The van der Waals surface area contributed by atoms with E-state index in [0.29, 0.717) is 25.1 Å². The number of rotatable bonds is 2. The lowest BCUT2D eigenvalue weighted by molar-refractivity contribution is -0.114. The second-order valence-corrected chi connectivity index (χ2v) is 5.05. The number of nitrogens with one attached hydrogen (secondary N) is 2. The van der Waals surface area contributed by atoms with Crippen molar-refractivity contribution in [2.45, 2.75) is 25.9 Å². The molecule has 1 atom stereocenters. The van der Waals surface area contributed by atoms with Crippen LogP contribution >= 0.6 is 0 Å². The zero-order valence-corrected chi connectivity index (χ0v) is 11.7. The zero-order valence-electron chi connectivity index (χ0n) is 11.7. The van der Waals surface area contributed by atoms with Gasteiger partial charge in [0.1, 0.15) is 5.82 Å². The van der Waals surface area contributed by atoms with E-state index in [1.54, 1.807) is 0 Å². The van der Waals surface area contributed by atoms with E-state index in [0.717, 1.165) is 0 Å². The van der Waals surface area contributed by atoms with Gasteiger partial charge in [0.25, 0.3) is 0 Å². The number of urea groups is 1. The molecule has 0 saturated carbocycles. The fraction of sp³-hybridized carbons (Fsp3) is 0.429. The summed E-state index contributed by atoms with van der Waals surface area (Å²) in [5.41, 5.74) is 0.393. The minimum Gasteiger partial charge on any atom is -0.391 e. The SMILES string of the molecule is CC(=O)Nc1ccc(F)c(NC(=O)N2CCCC(O)C2)c1. The van der Waals surface area contributed by atoms with E-state index in [-0.39, 0.29) is 18.1 Å². The third-order valence-electron chi connectivity index (χ3n) is 3.21. The van der Waals surface area contributed by atoms with Crippen LogP contribution in [0.4, 0.5) is 20.6 Å². The molecule has 1 aliphatic rings. The van der Waals surface area contributed by atoms with Gasteiger partial charge in [-0.25, -0.2) is 9.18 Å². The highest BCUT2D eigenvalue weighted by atomic mass is 19.1. The van der Waals surface area contributed by atoms with Gasteiger partial charge in [-0.1, -0.05) is 0 Å². The average molecular weight is 295 g/mol. The van der Waals surface area contributed by atoms with Crippen LogP contribution in [0.5, 0.6) is 0 Å². The van der Waals surface area contributed by atoms with E-state index in [4.69, 9.17) is 0 Å². The normalized spacial score (nSPS) is 18.2. The number of β-amino-alcohol motifs (C(OH)–C–C–N with tert-alkyl or cyclic N) is 1. The summed E-state index contributed by atoms with van der Waals surface area (Å²) in [6.45, 7) is 2.10. The molecular formula is C14H18FN3O3. The number of nitrogens with zero attached hydrogens (tertiary/aromatic N) is 1. The topological polar surface area (TPSA) is 81.7 Å². The number of amides is 3. The number of piperidine rings is 1. The van der Waals surface area contributed by atoms with Gasteiger partial charge in [-0.3, -0.25) is 4.79 Å². The molecule has 0 radical (unpaired) electrons. The molecule has 2 rings (SSSR count). The van der Waals surface area contributed by atoms with Gasteiger partial charge in [0.15, 0.2) is 0 Å². The summed E-state index contributed by atoms with van der Waals surface area (Å²) < 4.78 is 13.7. The zero-order chi connectivity index (χ0) is 15.4. The van der Waals surface area contributed by atoms with E-state index in [9.17, 15) is 19.1 Å². The number of benzene rings is 1. The minimum absolute atomic E-state index is 0.00804. The molecule has 0 aromatic heterocycles. The highest BCUT2D eigenvalue weighted by Gasteiger charge is 2.22. The van der Waals surface area contributed by atoms with E-state index < -0.39 is 18.0 Å². The predicted octanol–water partition coefficient (Wildman–Crippen LogP) is 1.77. The van der Waals surface area contributed by atoms with Crippen molar-refractivity contribution in [2.24, 2.45) is 0 Å². The maximum atomic E-state index is 13.7. The summed E-state index contributed by atoms with van der Waals surface area (Å²) in [6.07, 6.45) is 0.833. The quantitative estimate of drug-likeness (QED) is 0.777. The molecule has 114 valence electrons. The van der Waals surface area contributed by atoms with E-state index in [2.05, 4.69) is 10.6 Å². The Balaban J connectivity index is 2.07. The number of carbonyl (C=O) groups is 2. The summed E-state index contributed by atoms with van der Waals surface area (Å²) in [6, 6.07) is 3.48. The average Bonchev–Trinajstić information content (AvgIpc) is 2.42. The maximum Gasteiger partial charge on any atom is 0.322 e. The first kappa shape index (κ1) is 15.2. The smallest absolute Gasteiger partial charge is 0.322 e. The highest BCUT2D eigenvalue weighted by Crippen LogP contribution is 2.21. The molecule has 0 spiro atoms. The number of hydrogen-bond acceptors (Lipinski definition) is 3. The van der Waals surface area contributed by atoms with Crippen LogP contribution in [-0.4, -0.2) is 41.1 Å². The monoisotopic (exact) mass is 295 g/mol. The Morgan fingerprint density at radius 3 is 2.81 bits per heavy atom. The van der Waals surface area contributed by atoms with Crippen molar-refractivity contribution in [1.29, 1.82) is 0 Å². The third-order valence-corrected chi connectivity index (χ3v) is 3.21. The lowest BCUT2D eigenvalue weighted by atomic mass is 10.1. The van der Waals surface area contributed by atoms with Crippen LogP contribution in [-0.2, 0) is 4.79 Å². The van der Waals surface area contributed by atoms with Crippen LogP contribution in [0.15, 0.2) is 18.2 Å². The molecule has 0 bridgehead atoms. The second-order valence-electron chi connectivity index (χ2n) is 5.05. The Bertz CT molecular complexity index is 550.